The molecule has 0 aromatic heterocycles. The Morgan fingerprint density at radius 1 is 1.10 bits per heavy atom. The highest BCUT2D eigenvalue weighted by molar-refractivity contribution is 5.96. The number of carbonyl (C=O) groups excluding carboxylic acids is 1. The summed E-state index contributed by atoms with van der Waals surface area (Å²) in [4.78, 5) is 11.9. The lowest BCUT2D eigenvalue weighted by Crippen LogP contribution is -2.11. The van der Waals surface area contributed by atoms with Crippen molar-refractivity contribution < 1.29 is 18.3 Å². The number of rotatable bonds is 5. The van der Waals surface area contributed by atoms with Gasteiger partial charge in [0.1, 0.15) is 17.4 Å². The van der Waals surface area contributed by atoms with Crippen LogP contribution in [0.1, 0.15) is 22.3 Å². The maximum Gasteiger partial charge on any atom is 0.172 e. The first-order valence-corrected chi connectivity index (χ1v) is 6.25. The fourth-order valence-electron chi connectivity index (χ4n) is 1.82. The zero-order valence-corrected chi connectivity index (χ0v) is 11.0. The van der Waals surface area contributed by atoms with Crippen LogP contribution in [-0.2, 0) is 0 Å². The van der Waals surface area contributed by atoms with Gasteiger partial charge in [0.05, 0.1) is 12.2 Å². The molecule has 0 radical (unpaired) electrons. The molecule has 0 aliphatic carbocycles. The molecular weight excluding hydrogens is 262 g/mol. The van der Waals surface area contributed by atoms with Crippen molar-refractivity contribution in [2.45, 2.75) is 13.3 Å². The van der Waals surface area contributed by atoms with Crippen molar-refractivity contribution in [3.63, 3.8) is 0 Å². The molecule has 20 heavy (non-hydrogen) atoms. The van der Waals surface area contributed by atoms with Gasteiger partial charge in [-0.15, -0.1) is 0 Å². The molecule has 0 heterocycles. The van der Waals surface area contributed by atoms with E-state index < -0.39 is 23.0 Å². The van der Waals surface area contributed by atoms with Crippen LogP contribution in [0.5, 0.6) is 5.75 Å². The maximum absolute atomic E-state index is 13.8. The third-order valence-corrected chi connectivity index (χ3v) is 2.90. The zero-order chi connectivity index (χ0) is 14.5. The minimum atomic E-state index is -0.835. The first kappa shape index (κ1) is 14.2. The SMILES string of the molecule is Cc1ccc(F)c(C(=O)CCOc2ccccc2)c1F. The molecule has 0 aliphatic rings. The summed E-state index contributed by atoms with van der Waals surface area (Å²) in [5.41, 5.74) is -0.236. The number of ketones is 1. The summed E-state index contributed by atoms with van der Waals surface area (Å²) in [7, 11) is 0. The van der Waals surface area contributed by atoms with E-state index in [4.69, 9.17) is 4.74 Å². The predicted molar refractivity (Wildman–Crippen MR) is 72.0 cm³/mol. The second-order valence-corrected chi connectivity index (χ2v) is 4.39. The van der Waals surface area contributed by atoms with Crippen LogP contribution in [-0.4, -0.2) is 12.4 Å². The predicted octanol–water partition coefficient (Wildman–Crippen LogP) is 3.93. The van der Waals surface area contributed by atoms with Gasteiger partial charge >= 0.3 is 0 Å². The topological polar surface area (TPSA) is 26.3 Å². The number of hydrogen-bond donors (Lipinski definition) is 0. The van der Waals surface area contributed by atoms with E-state index in [1.165, 1.54) is 13.0 Å². The van der Waals surface area contributed by atoms with Gasteiger partial charge in [0.25, 0.3) is 0 Å². The minimum absolute atomic E-state index is 0.0772. The number of aryl methyl sites for hydroxylation is 1. The average molecular weight is 276 g/mol. The van der Waals surface area contributed by atoms with Gasteiger partial charge in [-0.05, 0) is 30.7 Å². The van der Waals surface area contributed by atoms with Gasteiger partial charge in [0.15, 0.2) is 5.78 Å². The smallest absolute Gasteiger partial charge is 0.172 e. The van der Waals surface area contributed by atoms with E-state index in [-0.39, 0.29) is 18.6 Å². The van der Waals surface area contributed by atoms with E-state index >= 15 is 0 Å². The Balaban J connectivity index is 2.01. The van der Waals surface area contributed by atoms with Gasteiger partial charge < -0.3 is 4.74 Å². The second-order valence-electron chi connectivity index (χ2n) is 4.39. The number of Topliss-reactive ketones (excluding diaryl/α,β-unsaturated/α-hetero) is 1. The summed E-state index contributed by atoms with van der Waals surface area (Å²) < 4.78 is 32.6. The van der Waals surface area contributed by atoms with Crippen LogP contribution in [0.2, 0.25) is 0 Å². The van der Waals surface area contributed by atoms with Crippen LogP contribution >= 0.6 is 0 Å². The van der Waals surface area contributed by atoms with E-state index in [1.807, 2.05) is 6.07 Å². The van der Waals surface area contributed by atoms with Crippen molar-refractivity contribution in [2.24, 2.45) is 0 Å². The third-order valence-electron chi connectivity index (χ3n) is 2.90. The Hall–Kier alpha value is -2.23. The van der Waals surface area contributed by atoms with Gasteiger partial charge in [-0.2, -0.15) is 0 Å². The van der Waals surface area contributed by atoms with Crippen LogP contribution in [0, 0.1) is 18.6 Å². The number of halogens is 2. The van der Waals surface area contributed by atoms with Crippen LogP contribution in [0.3, 0.4) is 0 Å². The molecule has 0 saturated heterocycles. The van der Waals surface area contributed by atoms with Crippen LogP contribution in [0.4, 0.5) is 8.78 Å². The highest BCUT2D eigenvalue weighted by Crippen LogP contribution is 2.18. The van der Waals surface area contributed by atoms with E-state index in [0.717, 1.165) is 6.07 Å². The van der Waals surface area contributed by atoms with Crippen molar-refractivity contribution >= 4 is 5.78 Å². The maximum atomic E-state index is 13.8. The molecule has 0 amide bonds. The summed E-state index contributed by atoms with van der Waals surface area (Å²) in [6, 6.07) is 11.4. The summed E-state index contributed by atoms with van der Waals surface area (Å²) in [5, 5.41) is 0. The molecule has 0 atom stereocenters. The Morgan fingerprint density at radius 3 is 2.50 bits per heavy atom. The third kappa shape index (κ3) is 3.20. The van der Waals surface area contributed by atoms with Crippen LogP contribution in [0.15, 0.2) is 42.5 Å². The number of hydrogen-bond acceptors (Lipinski definition) is 2. The zero-order valence-electron chi connectivity index (χ0n) is 11.0. The van der Waals surface area contributed by atoms with Gasteiger partial charge in [0.2, 0.25) is 0 Å². The fraction of sp³-hybridized carbons (Fsp3) is 0.188. The molecule has 2 nitrogen and oxygen atoms in total. The van der Waals surface area contributed by atoms with E-state index in [9.17, 15) is 13.6 Å². The second kappa shape index (κ2) is 6.28. The average Bonchev–Trinajstić information content (AvgIpc) is 2.44. The van der Waals surface area contributed by atoms with Gasteiger partial charge in [-0.25, -0.2) is 8.78 Å². The van der Waals surface area contributed by atoms with Gasteiger partial charge in [-0.3, -0.25) is 4.79 Å². The minimum Gasteiger partial charge on any atom is -0.493 e. The molecule has 0 fully saturated rings. The molecule has 2 aromatic rings. The molecule has 0 bridgehead atoms. The van der Waals surface area contributed by atoms with E-state index in [0.29, 0.717) is 5.75 Å². The number of benzene rings is 2. The lowest BCUT2D eigenvalue weighted by Gasteiger charge is -2.08. The lowest BCUT2D eigenvalue weighted by atomic mass is 10.0. The highest BCUT2D eigenvalue weighted by Gasteiger charge is 2.18. The number of ether oxygens (including phenoxy) is 1. The Bertz CT molecular complexity index is 609. The molecule has 4 heteroatoms. The van der Waals surface area contributed by atoms with Crippen molar-refractivity contribution in [1.82, 2.24) is 0 Å². The van der Waals surface area contributed by atoms with Crippen molar-refractivity contribution in [2.75, 3.05) is 6.61 Å². The van der Waals surface area contributed by atoms with Crippen molar-refractivity contribution in [3.8, 4) is 5.75 Å². The Kier molecular flexibility index (Phi) is 4.45. The van der Waals surface area contributed by atoms with Crippen molar-refractivity contribution in [3.05, 3.63) is 65.2 Å². The molecule has 2 aromatic carbocycles. The molecule has 0 saturated carbocycles. The highest BCUT2D eigenvalue weighted by atomic mass is 19.1. The normalized spacial score (nSPS) is 10.3. The van der Waals surface area contributed by atoms with E-state index in [2.05, 4.69) is 0 Å². The molecule has 0 spiro atoms. The number of para-hydroxylation sites is 1. The first-order chi connectivity index (χ1) is 9.59. The summed E-state index contributed by atoms with van der Waals surface area (Å²) in [5.74, 6) is -1.61. The van der Waals surface area contributed by atoms with Crippen molar-refractivity contribution in [1.29, 1.82) is 0 Å². The van der Waals surface area contributed by atoms with Crippen LogP contribution < -0.4 is 4.74 Å². The molecule has 2 rings (SSSR count). The monoisotopic (exact) mass is 276 g/mol. The summed E-state index contributed by atoms with van der Waals surface area (Å²) in [6.45, 7) is 1.57. The number of carbonyl (C=O) groups is 1. The quantitative estimate of drug-likeness (QED) is 0.773. The standard InChI is InChI=1S/C16H14F2O2/c1-11-7-8-13(17)15(16(11)18)14(19)9-10-20-12-5-3-2-4-6-12/h2-8H,9-10H2,1H3. The Labute approximate surface area is 116 Å². The summed E-state index contributed by atoms with van der Waals surface area (Å²) in [6.07, 6.45) is -0.0772. The first-order valence-electron chi connectivity index (χ1n) is 6.25. The Morgan fingerprint density at radius 2 is 1.80 bits per heavy atom. The van der Waals surface area contributed by atoms with Crippen LogP contribution in [0.25, 0.3) is 0 Å². The van der Waals surface area contributed by atoms with Gasteiger partial charge in [0, 0.05) is 6.42 Å². The molecule has 0 N–H and O–H groups in total. The summed E-state index contributed by atoms with van der Waals surface area (Å²) >= 11 is 0. The van der Waals surface area contributed by atoms with E-state index in [1.54, 1.807) is 24.3 Å². The molecule has 0 unspecified atom stereocenters. The lowest BCUT2D eigenvalue weighted by molar-refractivity contribution is 0.0953. The largest absolute Gasteiger partial charge is 0.493 e. The fourth-order valence-corrected chi connectivity index (χ4v) is 1.82. The molecule has 0 aliphatic heterocycles. The molecular formula is C16H14F2O2. The van der Waals surface area contributed by atoms with Gasteiger partial charge in [-0.1, -0.05) is 24.3 Å². The molecule has 104 valence electrons.